The molecule has 0 bridgehead atoms. The number of hydrogen-bond donors (Lipinski definition) is 2. The van der Waals surface area contributed by atoms with Crippen molar-refractivity contribution in [3.05, 3.63) is 65.4 Å². The molecule has 3 N–H and O–H groups in total. The summed E-state index contributed by atoms with van der Waals surface area (Å²) in [5, 5.41) is 9.94. The summed E-state index contributed by atoms with van der Waals surface area (Å²) < 4.78 is 32.4. The van der Waals surface area contributed by atoms with E-state index in [1.165, 1.54) is 12.1 Å². The Balaban J connectivity index is 2.32. The summed E-state index contributed by atoms with van der Waals surface area (Å²) in [6.07, 6.45) is 3.22. The number of aromatic carboxylic acids is 1. The van der Waals surface area contributed by atoms with Crippen molar-refractivity contribution in [2.75, 3.05) is 24.2 Å². The molecule has 1 heterocycles. The summed E-state index contributed by atoms with van der Waals surface area (Å²) in [5.41, 5.74) is 8.65. The fourth-order valence-electron chi connectivity index (χ4n) is 3.54. The van der Waals surface area contributed by atoms with Crippen molar-refractivity contribution in [1.82, 2.24) is 4.57 Å². The van der Waals surface area contributed by atoms with Gasteiger partial charge in [0, 0.05) is 42.2 Å². The molecule has 158 valence electrons. The van der Waals surface area contributed by atoms with Crippen LogP contribution in [0, 0.1) is 12.7 Å². The largest absolute Gasteiger partial charge is 0.478 e. The van der Waals surface area contributed by atoms with Crippen LogP contribution in [0.25, 0.3) is 22.0 Å². The number of nitrogens with two attached hydrogens (primary N) is 1. The lowest BCUT2D eigenvalue weighted by Crippen LogP contribution is -2.05. The molecule has 0 aliphatic heterocycles. The Kier molecular flexibility index (Phi) is 6.48. The highest BCUT2D eigenvalue weighted by Crippen LogP contribution is 2.38. The van der Waals surface area contributed by atoms with Gasteiger partial charge in [-0.15, -0.1) is 0 Å². The van der Waals surface area contributed by atoms with Gasteiger partial charge < -0.3 is 19.7 Å². The lowest BCUT2D eigenvalue weighted by Gasteiger charge is -2.16. The van der Waals surface area contributed by atoms with Crippen LogP contribution in [0.3, 0.4) is 0 Å². The van der Waals surface area contributed by atoms with E-state index in [1.54, 1.807) is 16.5 Å². The normalized spacial score (nSPS) is 11.9. The lowest BCUT2D eigenvalue weighted by molar-refractivity contribution is 0.0692. The Bertz CT molecular complexity index is 1140. The molecule has 3 rings (SSSR count). The molecule has 0 unspecified atom stereocenters. The quantitative estimate of drug-likeness (QED) is 0.516. The number of allylic oxidation sites excluding steroid dienone is 1. The van der Waals surface area contributed by atoms with Crippen LogP contribution in [0.5, 0.6) is 0 Å². The second kappa shape index (κ2) is 8.89. The molecule has 0 aliphatic rings. The number of benzene rings is 2. The van der Waals surface area contributed by atoms with Crippen molar-refractivity contribution in [3.8, 4) is 11.1 Å². The van der Waals surface area contributed by atoms with E-state index in [0.29, 0.717) is 16.6 Å². The Hall–Kier alpha value is -2.84. The molecule has 0 amide bonds. The molecule has 0 radical (unpaired) electrons. The number of carboxylic acids is 1. The van der Waals surface area contributed by atoms with Gasteiger partial charge in [0.15, 0.2) is 0 Å². The number of carbonyl (C=O) groups is 1. The molecule has 0 fully saturated rings. The van der Waals surface area contributed by atoms with Gasteiger partial charge in [0.25, 0.3) is 0 Å². The SMILES string of the molecule is CSN(C)c1cccc(-c2c(C)n(C/C(F)=C/CN)c3cc(F)c(C(=O)O)cc23)c1. The first kappa shape index (κ1) is 21.9. The Morgan fingerprint density at radius 2 is 2.07 bits per heavy atom. The van der Waals surface area contributed by atoms with Gasteiger partial charge >= 0.3 is 5.97 Å². The molecule has 5 nitrogen and oxygen atoms in total. The van der Waals surface area contributed by atoms with Gasteiger partial charge in [0.1, 0.15) is 11.6 Å². The van der Waals surface area contributed by atoms with E-state index in [9.17, 15) is 18.7 Å². The van der Waals surface area contributed by atoms with Crippen molar-refractivity contribution in [2.45, 2.75) is 13.5 Å². The molecule has 30 heavy (non-hydrogen) atoms. The van der Waals surface area contributed by atoms with Crippen LogP contribution in [0.2, 0.25) is 0 Å². The molecule has 8 heteroatoms. The maximum atomic E-state index is 14.5. The van der Waals surface area contributed by atoms with Crippen LogP contribution in [-0.2, 0) is 6.54 Å². The van der Waals surface area contributed by atoms with Crippen LogP contribution in [0.4, 0.5) is 14.5 Å². The summed E-state index contributed by atoms with van der Waals surface area (Å²) >= 11 is 1.55. The molecule has 0 aliphatic carbocycles. The third-order valence-electron chi connectivity index (χ3n) is 5.06. The molecule has 0 saturated heterocycles. The van der Waals surface area contributed by atoms with Crippen LogP contribution in [0.1, 0.15) is 16.1 Å². The number of rotatable bonds is 7. The van der Waals surface area contributed by atoms with Crippen LogP contribution >= 0.6 is 11.9 Å². The maximum Gasteiger partial charge on any atom is 0.338 e. The van der Waals surface area contributed by atoms with E-state index in [0.717, 1.165) is 22.9 Å². The lowest BCUT2D eigenvalue weighted by atomic mass is 10.00. The minimum absolute atomic E-state index is 0.0531. The zero-order chi connectivity index (χ0) is 22.0. The molecular weight excluding hydrogens is 408 g/mol. The van der Waals surface area contributed by atoms with E-state index in [2.05, 4.69) is 0 Å². The average Bonchev–Trinajstić information content (AvgIpc) is 2.97. The van der Waals surface area contributed by atoms with Gasteiger partial charge in [-0.1, -0.05) is 24.1 Å². The molecule has 0 spiro atoms. The van der Waals surface area contributed by atoms with Crippen molar-refractivity contribution in [1.29, 1.82) is 0 Å². The Morgan fingerprint density at radius 1 is 1.33 bits per heavy atom. The number of carboxylic acid groups (broad SMARTS) is 1. The Morgan fingerprint density at radius 3 is 2.70 bits per heavy atom. The van der Waals surface area contributed by atoms with Crippen LogP contribution in [-0.4, -0.2) is 35.5 Å². The zero-order valence-electron chi connectivity index (χ0n) is 16.9. The standard InChI is InChI=1S/C22H23F2N3O2S/c1-13-21(14-5-4-6-16(9-14)26(2)30-3)18-10-17(22(28)29)19(24)11-20(18)27(13)12-15(23)7-8-25/h4-7,9-11H,8,12,25H2,1-3H3,(H,28,29)/b15-7-. The average molecular weight is 432 g/mol. The van der Waals surface area contributed by atoms with E-state index >= 15 is 0 Å². The first-order chi connectivity index (χ1) is 14.3. The third kappa shape index (κ3) is 4.06. The van der Waals surface area contributed by atoms with E-state index in [1.807, 2.05) is 48.8 Å². The second-order valence-electron chi connectivity index (χ2n) is 6.82. The number of aromatic nitrogens is 1. The summed E-state index contributed by atoms with van der Waals surface area (Å²) in [4.78, 5) is 11.5. The third-order valence-corrected chi connectivity index (χ3v) is 5.82. The molecule has 0 saturated carbocycles. The van der Waals surface area contributed by atoms with Crippen LogP contribution < -0.4 is 10.0 Å². The fraction of sp³-hybridized carbons (Fsp3) is 0.227. The van der Waals surface area contributed by atoms with Crippen molar-refractivity contribution >= 4 is 34.5 Å². The van der Waals surface area contributed by atoms with Gasteiger partial charge in [-0.05, 0) is 42.8 Å². The second-order valence-corrected chi connectivity index (χ2v) is 7.73. The predicted molar refractivity (Wildman–Crippen MR) is 119 cm³/mol. The molecule has 3 aromatic rings. The van der Waals surface area contributed by atoms with E-state index in [-0.39, 0.29) is 13.1 Å². The fourth-order valence-corrected chi connectivity index (χ4v) is 3.86. The molecule has 1 aromatic heterocycles. The molecular formula is C22H23F2N3O2S. The highest BCUT2D eigenvalue weighted by molar-refractivity contribution is 7.99. The highest BCUT2D eigenvalue weighted by Gasteiger charge is 2.21. The number of nitrogens with zero attached hydrogens (tertiary/aromatic N) is 2. The topological polar surface area (TPSA) is 71.5 Å². The molecule has 0 atom stereocenters. The number of anilines is 1. The van der Waals surface area contributed by atoms with E-state index in [4.69, 9.17) is 5.73 Å². The van der Waals surface area contributed by atoms with Crippen molar-refractivity contribution in [3.63, 3.8) is 0 Å². The number of fused-ring (bicyclic) bond motifs is 1. The first-order valence-corrected chi connectivity index (χ1v) is 10.4. The summed E-state index contributed by atoms with van der Waals surface area (Å²) in [7, 11) is 1.94. The smallest absolute Gasteiger partial charge is 0.338 e. The van der Waals surface area contributed by atoms with Gasteiger partial charge in [-0.3, -0.25) is 0 Å². The minimum atomic E-state index is -1.35. The maximum absolute atomic E-state index is 14.5. The zero-order valence-corrected chi connectivity index (χ0v) is 17.8. The van der Waals surface area contributed by atoms with Gasteiger partial charge in [0.05, 0.1) is 17.6 Å². The van der Waals surface area contributed by atoms with Crippen molar-refractivity contribution < 1.29 is 18.7 Å². The molecule has 2 aromatic carbocycles. The number of hydrogen-bond acceptors (Lipinski definition) is 4. The summed E-state index contributed by atoms with van der Waals surface area (Å²) in [6.45, 7) is 1.75. The predicted octanol–water partition coefficient (Wildman–Crippen LogP) is 4.98. The van der Waals surface area contributed by atoms with Gasteiger partial charge in [-0.2, -0.15) is 0 Å². The Labute approximate surface area is 177 Å². The number of halogens is 2. The van der Waals surface area contributed by atoms with Crippen molar-refractivity contribution in [2.24, 2.45) is 5.73 Å². The van der Waals surface area contributed by atoms with Gasteiger partial charge in [0.2, 0.25) is 0 Å². The van der Waals surface area contributed by atoms with Gasteiger partial charge in [-0.25, -0.2) is 13.6 Å². The summed E-state index contributed by atoms with van der Waals surface area (Å²) in [6, 6.07) is 10.2. The monoisotopic (exact) mass is 431 g/mol. The van der Waals surface area contributed by atoms with E-state index < -0.39 is 23.2 Å². The minimum Gasteiger partial charge on any atom is -0.478 e. The van der Waals surface area contributed by atoms with Crippen LogP contribution in [0.15, 0.2) is 48.3 Å². The highest BCUT2D eigenvalue weighted by atomic mass is 32.2. The summed E-state index contributed by atoms with van der Waals surface area (Å²) in [5.74, 6) is -2.65. The first-order valence-electron chi connectivity index (χ1n) is 9.27.